The Hall–Kier alpha value is -1.69. The van der Waals surface area contributed by atoms with Crippen LogP contribution in [-0.4, -0.2) is 32.5 Å². The smallest absolute Gasteiger partial charge is 0.339 e. The minimum atomic E-state index is -3.40. The number of ketones is 1. The average Bonchev–Trinajstić information content (AvgIpc) is 2.27. The van der Waals surface area contributed by atoms with E-state index in [0.29, 0.717) is 5.56 Å². The van der Waals surface area contributed by atoms with E-state index >= 15 is 0 Å². The van der Waals surface area contributed by atoms with E-state index in [9.17, 15) is 18.0 Å². The molecule has 1 atom stereocenters. The molecule has 0 aliphatic rings. The summed E-state index contributed by atoms with van der Waals surface area (Å²) >= 11 is 0. The highest BCUT2D eigenvalue weighted by atomic mass is 32.2. The number of hydrogen-bond acceptors (Lipinski definition) is 5. The van der Waals surface area contributed by atoms with Gasteiger partial charge < -0.3 is 4.74 Å². The number of carbonyl (C=O) groups is 2. The number of rotatable bonds is 4. The fourth-order valence-corrected chi connectivity index (χ4v) is 2.01. The Kier molecular flexibility index (Phi) is 4.47. The molecule has 19 heavy (non-hydrogen) atoms. The number of carbonyl (C=O) groups excluding carboxylic acids is 2. The summed E-state index contributed by atoms with van der Waals surface area (Å²) in [5.74, 6) is -0.976. The van der Waals surface area contributed by atoms with E-state index in [1.54, 1.807) is 6.92 Å². The lowest BCUT2D eigenvalue weighted by Gasteiger charge is -2.12. The number of hydrogen-bond donors (Lipinski definition) is 0. The van der Waals surface area contributed by atoms with Crippen molar-refractivity contribution >= 4 is 21.6 Å². The summed E-state index contributed by atoms with van der Waals surface area (Å²) in [4.78, 5) is 23.0. The lowest BCUT2D eigenvalue weighted by Crippen LogP contribution is -2.22. The molecule has 0 saturated heterocycles. The van der Waals surface area contributed by atoms with E-state index in [2.05, 4.69) is 0 Å². The Morgan fingerprint density at radius 1 is 1.26 bits per heavy atom. The van der Waals surface area contributed by atoms with Gasteiger partial charge in [-0.15, -0.1) is 0 Å². The van der Waals surface area contributed by atoms with Gasteiger partial charge in [-0.25, -0.2) is 13.2 Å². The molecule has 0 N–H and O–H groups in total. The number of esters is 1. The average molecular weight is 284 g/mol. The molecule has 0 aliphatic carbocycles. The Bertz CT molecular complexity index is 616. The minimum Gasteiger partial charge on any atom is -0.451 e. The first-order chi connectivity index (χ1) is 8.62. The van der Waals surface area contributed by atoms with Gasteiger partial charge in [0.05, 0.1) is 10.5 Å². The third-order valence-electron chi connectivity index (χ3n) is 2.71. The highest BCUT2D eigenvalue weighted by molar-refractivity contribution is 7.90. The topological polar surface area (TPSA) is 77.5 Å². The van der Waals surface area contributed by atoms with Gasteiger partial charge in [0.25, 0.3) is 0 Å². The van der Waals surface area contributed by atoms with Crippen molar-refractivity contribution < 1.29 is 22.7 Å². The van der Waals surface area contributed by atoms with Crippen LogP contribution in [-0.2, 0) is 19.4 Å². The molecular weight excluding hydrogens is 268 g/mol. The van der Waals surface area contributed by atoms with Gasteiger partial charge >= 0.3 is 5.97 Å². The second kappa shape index (κ2) is 5.52. The van der Waals surface area contributed by atoms with Crippen molar-refractivity contribution in [2.45, 2.75) is 31.8 Å². The fourth-order valence-electron chi connectivity index (χ4n) is 1.36. The lowest BCUT2D eigenvalue weighted by atomic mass is 10.1. The number of Topliss-reactive ketones (excluding diaryl/α,β-unsaturated/α-hetero) is 1. The molecule has 0 saturated carbocycles. The number of benzene rings is 1. The summed E-state index contributed by atoms with van der Waals surface area (Å²) < 4.78 is 27.8. The van der Waals surface area contributed by atoms with E-state index in [1.165, 1.54) is 32.0 Å². The van der Waals surface area contributed by atoms with Crippen LogP contribution in [0.25, 0.3) is 0 Å². The number of aryl methyl sites for hydroxylation is 1. The molecule has 1 unspecified atom stereocenters. The molecule has 1 aromatic rings. The van der Waals surface area contributed by atoms with Gasteiger partial charge in [-0.05, 0) is 38.5 Å². The fraction of sp³-hybridized carbons (Fsp3) is 0.385. The van der Waals surface area contributed by atoms with E-state index in [1.807, 2.05) is 0 Å². The molecule has 6 heteroatoms. The van der Waals surface area contributed by atoms with Crippen LogP contribution >= 0.6 is 0 Å². The first kappa shape index (κ1) is 15.4. The molecule has 104 valence electrons. The van der Waals surface area contributed by atoms with Crippen LogP contribution in [0.2, 0.25) is 0 Å². The van der Waals surface area contributed by atoms with E-state index in [4.69, 9.17) is 4.74 Å². The molecule has 0 spiro atoms. The SMILES string of the molecule is CC(=O)C(C)OC(=O)c1cc(S(C)(=O)=O)ccc1C. The van der Waals surface area contributed by atoms with Gasteiger partial charge in [-0.1, -0.05) is 6.07 Å². The highest BCUT2D eigenvalue weighted by Crippen LogP contribution is 2.17. The molecule has 0 aliphatic heterocycles. The van der Waals surface area contributed by atoms with Gasteiger partial charge in [0.2, 0.25) is 0 Å². The molecule has 0 aromatic heterocycles. The van der Waals surface area contributed by atoms with Gasteiger partial charge in [0.1, 0.15) is 0 Å². The molecule has 0 heterocycles. The second-order valence-electron chi connectivity index (χ2n) is 4.41. The van der Waals surface area contributed by atoms with E-state index < -0.39 is 21.9 Å². The zero-order chi connectivity index (χ0) is 14.8. The van der Waals surface area contributed by atoms with Gasteiger partial charge in [-0.2, -0.15) is 0 Å². The Balaban J connectivity index is 3.13. The van der Waals surface area contributed by atoms with Crippen molar-refractivity contribution in [1.82, 2.24) is 0 Å². The predicted molar refractivity (Wildman–Crippen MR) is 69.8 cm³/mol. The summed E-state index contributed by atoms with van der Waals surface area (Å²) in [5.41, 5.74) is 0.740. The zero-order valence-corrected chi connectivity index (χ0v) is 12.1. The van der Waals surface area contributed by atoms with Crippen LogP contribution in [0, 0.1) is 6.92 Å². The maximum atomic E-state index is 11.9. The molecule has 5 nitrogen and oxygen atoms in total. The van der Waals surface area contributed by atoms with Crippen molar-refractivity contribution in [3.8, 4) is 0 Å². The van der Waals surface area contributed by atoms with Crippen LogP contribution in [0.5, 0.6) is 0 Å². The summed E-state index contributed by atoms with van der Waals surface area (Å²) in [7, 11) is -3.40. The third-order valence-corrected chi connectivity index (χ3v) is 3.82. The largest absolute Gasteiger partial charge is 0.451 e. The number of ether oxygens (including phenoxy) is 1. The Labute approximate surface area is 112 Å². The van der Waals surface area contributed by atoms with Crippen molar-refractivity contribution in [1.29, 1.82) is 0 Å². The van der Waals surface area contributed by atoms with Crippen LogP contribution in [0.3, 0.4) is 0 Å². The van der Waals surface area contributed by atoms with Crippen LogP contribution in [0.15, 0.2) is 23.1 Å². The van der Waals surface area contributed by atoms with Crippen molar-refractivity contribution in [2.75, 3.05) is 6.26 Å². The van der Waals surface area contributed by atoms with Crippen molar-refractivity contribution in [3.63, 3.8) is 0 Å². The third kappa shape index (κ3) is 3.89. The molecule has 0 fully saturated rings. The summed E-state index contributed by atoms with van der Waals surface area (Å²) in [5, 5.41) is 0. The second-order valence-corrected chi connectivity index (χ2v) is 6.42. The summed E-state index contributed by atoms with van der Waals surface area (Å²) in [6.45, 7) is 4.45. The van der Waals surface area contributed by atoms with Crippen molar-refractivity contribution in [2.24, 2.45) is 0 Å². The Morgan fingerprint density at radius 2 is 1.84 bits per heavy atom. The van der Waals surface area contributed by atoms with Gasteiger partial charge in [0.15, 0.2) is 21.7 Å². The van der Waals surface area contributed by atoms with Gasteiger partial charge in [0, 0.05) is 6.26 Å². The predicted octanol–water partition coefficient (Wildman–Crippen LogP) is 1.53. The quantitative estimate of drug-likeness (QED) is 0.784. The molecule has 1 aromatic carbocycles. The molecule has 0 amide bonds. The van der Waals surface area contributed by atoms with Crippen LogP contribution < -0.4 is 0 Å². The lowest BCUT2D eigenvalue weighted by molar-refractivity contribution is -0.124. The van der Waals surface area contributed by atoms with Crippen molar-refractivity contribution in [3.05, 3.63) is 29.3 Å². The monoisotopic (exact) mass is 284 g/mol. The summed E-state index contributed by atoms with van der Waals surface area (Å²) in [6.07, 6.45) is 0.208. The van der Waals surface area contributed by atoms with E-state index in [0.717, 1.165) is 6.26 Å². The Morgan fingerprint density at radius 3 is 2.32 bits per heavy atom. The highest BCUT2D eigenvalue weighted by Gasteiger charge is 2.19. The molecule has 1 rings (SSSR count). The normalized spacial score (nSPS) is 12.8. The molecule has 0 radical (unpaired) electrons. The number of sulfone groups is 1. The maximum absolute atomic E-state index is 11.9. The molecular formula is C13H16O5S. The maximum Gasteiger partial charge on any atom is 0.339 e. The van der Waals surface area contributed by atoms with E-state index in [-0.39, 0.29) is 16.2 Å². The summed E-state index contributed by atoms with van der Waals surface area (Å²) in [6, 6.07) is 4.22. The van der Waals surface area contributed by atoms with Crippen LogP contribution in [0.1, 0.15) is 29.8 Å². The first-order valence-electron chi connectivity index (χ1n) is 5.65. The zero-order valence-electron chi connectivity index (χ0n) is 11.3. The molecule has 0 bridgehead atoms. The van der Waals surface area contributed by atoms with Gasteiger partial charge in [-0.3, -0.25) is 4.79 Å². The van der Waals surface area contributed by atoms with Crippen LogP contribution in [0.4, 0.5) is 0 Å². The first-order valence-corrected chi connectivity index (χ1v) is 7.54. The standard InChI is InChI=1S/C13H16O5S/c1-8-5-6-11(19(4,16)17)7-12(8)13(15)18-10(3)9(2)14/h5-7,10H,1-4H3. The minimum absolute atomic E-state index is 0.0422.